The van der Waals surface area contributed by atoms with E-state index in [2.05, 4.69) is 20.8 Å². The standard InChI is InChI=1S/C21H22N4O2/c1-15-8-9-18(14-16(15)2)23-21(26)22-12-13-27-20-11-10-19(24-25-20)17-6-4-3-5-7-17/h3-11,14H,12-13H2,1-2H3,(H2,22,23,26). The normalized spacial score (nSPS) is 10.3. The second kappa shape index (κ2) is 8.80. The third-order valence-corrected chi connectivity index (χ3v) is 4.11. The predicted molar refractivity (Wildman–Crippen MR) is 106 cm³/mol. The average molecular weight is 362 g/mol. The molecule has 3 aromatic rings. The summed E-state index contributed by atoms with van der Waals surface area (Å²) >= 11 is 0. The van der Waals surface area contributed by atoms with E-state index in [1.807, 2.05) is 68.4 Å². The number of carbonyl (C=O) groups excluding carboxylic acids is 1. The van der Waals surface area contributed by atoms with Crippen LogP contribution in [-0.2, 0) is 0 Å². The Morgan fingerprint density at radius 1 is 0.963 bits per heavy atom. The van der Waals surface area contributed by atoms with Crippen molar-refractivity contribution in [3.05, 3.63) is 71.8 Å². The molecule has 2 N–H and O–H groups in total. The number of nitrogens with zero attached hydrogens (tertiary/aromatic N) is 2. The van der Waals surface area contributed by atoms with Crippen molar-refractivity contribution in [1.82, 2.24) is 15.5 Å². The summed E-state index contributed by atoms with van der Waals surface area (Å²) in [5.41, 5.74) is 4.87. The summed E-state index contributed by atoms with van der Waals surface area (Å²) in [4.78, 5) is 11.9. The molecule has 0 spiro atoms. The monoisotopic (exact) mass is 362 g/mol. The van der Waals surface area contributed by atoms with E-state index < -0.39 is 0 Å². The van der Waals surface area contributed by atoms with Gasteiger partial charge in [-0.05, 0) is 43.2 Å². The van der Waals surface area contributed by atoms with Crippen LogP contribution in [0.5, 0.6) is 5.88 Å². The highest BCUT2D eigenvalue weighted by atomic mass is 16.5. The number of aryl methyl sites for hydroxylation is 2. The van der Waals surface area contributed by atoms with E-state index in [-0.39, 0.29) is 6.03 Å². The Morgan fingerprint density at radius 3 is 2.48 bits per heavy atom. The molecule has 0 atom stereocenters. The van der Waals surface area contributed by atoms with Crippen molar-refractivity contribution < 1.29 is 9.53 Å². The van der Waals surface area contributed by atoms with Crippen LogP contribution in [0.4, 0.5) is 10.5 Å². The summed E-state index contributed by atoms with van der Waals surface area (Å²) in [6.07, 6.45) is 0. The maximum atomic E-state index is 11.9. The number of amides is 2. The molecule has 3 rings (SSSR count). The van der Waals surface area contributed by atoms with Gasteiger partial charge in [-0.15, -0.1) is 10.2 Å². The number of aromatic nitrogens is 2. The fourth-order valence-electron chi connectivity index (χ4n) is 2.47. The van der Waals surface area contributed by atoms with Crippen molar-refractivity contribution in [3.8, 4) is 17.1 Å². The van der Waals surface area contributed by atoms with Crippen LogP contribution in [0.2, 0.25) is 0 Å². The van der Waals surface area contributed by atoms with Crippen molar-refractivity contribution in [2.24, 2.45) is 0 Å². The number of benzene rings is 2. The molecule has 0 aliphatic carbocycles. The van der Waals surface area contributed by atoms with Crippen LogP contribution in [0.25, 0.3) is 11.3 Å². The fraction of sp³-hybridized carbons (Fsp3) is 0.190. The van der Waals surface area contributed by atoms with E-state index in [0.717, 1.165) is 22.5 Å². The van der Waals surface area contributed by atoms with Crippen LogP contribution < -0.4 is 15.4 Å². The molecule has 0 aliphatic rings. The quantitative estimate of drug-likeness (QED) is 0.651. The van der Waals surface area contributed by atoms with E-state index >= 15 is 0 Å². The molecule has 1 heterocycles. The number of rotatable bonds is 6. The molecule has 0 radical (unpaired) electrons. The molecule has 1 aromatic heterocycles. The summed E-state index contributed by atoms with van der Waals surface area (Å²) in [6.45, 7) is 4.71. The number of nitrogens with one attached hydrogen (secondary N) is 2. The lowest BCUT2D eigenvalue weighted by Gasteiger charge is -2.10. The van der Waals surface area contributed by atoms with Crippen LogP contribution in [0.3, 0.4) is 0 Å². The zero-order chi connectivity index (χ0) is 19.1. The minimum absolute atomic E-state index is 0.271. The molecule has 2 aromatic carbocycles. The Balaban J connectivity index is 1.42. The predicted octanol–water partition coefficient (Wildman–Crippen LogP) is 3.96. The number of hydrogen-bond acceptors (Lipinski definition) is 4. The van der Waals surface area contributed by atoms with Gasteiger partial charge in [0.25, 0.3) is 0 Å². The van der Waals surface area contributed by atoms with Gasteiger partial charge in [0.2, 0.25) is 5.88 Å². The lowest BCUT2D eigenvalue weighted by molar-refractivity contribution is 0.246. The third-order valence-electron chi connectivity index (χ3n) is 4.11. The Hall–Kier alpha value is -3.41. The molecule has 0 fully saturated rings. The first kappa shape index (κ1) is 18.4. The highest BCUT2D eigenvalue weighted by molar-refractivity contribution is 5.89. The topological polar surface area (TPSA) is 76.1 Å². The summed E-state index contributed by atoms with van der Waals surface area (Å²) in [7, 11) is 0. The van der Waals surface area contributed by atoms with Crippen molar-refractivity contribution >= 4 is 11.7 Å². The first-order chi connectivity index (χ1) is 13.1. The summed E-state index contributed by atoms with van der Waals surface area (Å²) in [6, 6.07) is 19.0. The van der Waals surface area contributed by atoms with Crippen molar-refractivity contribution in [3.63, 3.8) is 0 Å². The molecule has 27 heavy (non-hydrogen) atoms. The first-order valence-electron chi connectivity index (χ1n) is 8.76. The van der Waals surface area contributed by atoms with Crippen molar-refractivity contribution in [1.29, 1.82) is 0 Å². The Morgan fingerprint density at radius 2 is 1.78 bits per heavy atom. The number of ether oxygens (including phenoxy) is 1. The van der Waals surface area contributed by atoms with Crippen LogP contribution >= 0.6 is 0 Å². The van der Waals surface area contributed by atoms with Crippen molar-refractivity contribution in [2.75, 3.05) is 18.5 Å². The molecule has 0 bridgehead atoms. The van der Waals surface area contributed by atoms with Gasteiger partial charge in [0.1, 0.15) is 6.61 Å². The molecule has 6 nitrogen and oxygen atoms in total. The number of anilines is 1. The lowest BCUT2D eigenvalue weighted by atomic mass is 10.1. The van der Waals surface area contributed by atoms with Gasteiger partial charge in [-0.1, -0.05) is 36.4 Å². The van der Waals surface area contributed by atoms with Gasteiger partial charge >= 0.3 is 6.03 Å². The highest BCUT2D eigenvalue weighted by Gasteiger charge is 2.04. The second-order valence-electron chi connectivity index (χ2n) is 6.15. The van der Waals surface area contributed by atoms with E-state index in [1.54, 1.807) is 6.07 Å². The van der Waals surface area contributed by atoms with Gasteiger partial charge in [-0.2, -0.15) is 0 Å². The van der Waals surface area contributed by atoms with Crippen molar-refractivity contribution in [2.45, 2.75) is 13.8 Å². The molecule has 0 saturated carbocycles. The molecule has 2 amide bonds. The smallest absolute Gasteiger partial charge is 0.319 e. The number of hydrogen-bond donors (Lipinski definition) is 2. The molecule has 0 saturated heterocycles. The summed E-state index contributed by atoms with van der Waals surface area (Å²) < 4.78 is 5.52. The SMILES string of the molecule is Cc1ccc(NC(=O)NCCOc2ccc(-c3ccccc3)nn2)cc1C. The Labute approximate surface area is 158 Å². The second-order valence-corrected chi connectivity index (χ2v) is 6.15. The highest BCUT2D eigenvalue weighted by Crippen LogP contribution is 2.17. The van der Waals surface area contributed by atoms with Crippen LogP contribution in [0.15, 0.2) is 60.7 Å². The van der Waals surface area contributed by atoms with Gasteiger partial charge in [-0.3, -0.25) is 0 Å². The van der Waals surface area contributed by atoms with Gasteiger partial charge in [0.15, 0.2) is 0 Å². The molecular weight excluding hydrogens is 340 g/mol. The van der Waals surface area contributed by atoms with E-state index in [9.17, 15) is 4.79 Å². The zero-order valence-electron chi connectivity index (χ0n) is 15.4. The van der Waals surface area contributed by atoms with Gasteiger partial charge < -0.3 is 15.4 Å². The molecule has 138 valence electrons. The summed E-state index contributed by atoms with van der Waals surface area (Å²) in [5, 5.41) is 13.8. The maximum Gasteiger partial charge on any atom is 0.319 e. The van der Waals surface area contributed by atoms with Crippen LogP contribution in [0, 0.1) is 13.8 Å². The molecular formula is C21H22N4O2. The largest absolute Gasteiger partial charge is 0.475 e. The molecule has 6 heteroatoms. The average Bonchev–Trinajstić information content (AvgIpc) is 2.69. The number of urea groups is 1. The lowest BCUT2D eigenvalue weighted by Crippen LogP contribution is -2.32. The third kappa shape index (κ3) is 5.28. The molecule has 0 unspecified atom stereocenters. The minimum atomic E-state index is -0.271. The van der Waals surface area contributed by atoms with Crippen LogP contribution in [-0.4, -0.2) is 29.4 Å². The van der Waals surface area contributed by atoms with E-state index in [0.29, 0.717) is 19.0 Å². The van der Waals surface area contributed by atoms with Gasteiger partial charge in [0.05, 0.1) is 12.2 Å². The first-order valence-corrected chi connectivity index (χ1v) is 8.76. The molecule has 0 aliphatic heterocycles. The fourth-order valence-corrected chi connectivity index (χ4v) is 2.47. The van der Waals surface area contributed by atoms with Gasteiger partial charge in [0, 0.05) is 17.3 Å². The Kier molecular flexibility index (Phi) is 5.99. The Bertz CT molecular complexity index is 896. The van der Waals surface area contributed by atoms with E-state index in [1.165, 1.54) is 5.56 Å². The number of carbonyl (C=O) groups is 1. The van der Waals surface area contributed by atoms with E-state index in [4.69, 9.17) is 4.74 Å². The van der Waals surface area contributed by atoms with Gasteiger partial charge in [-0.25, -0.2) is 4.79 Å². The minimum Gasteiger partial charge on any atom is -0.475 e. The summed E-state index contributed by atoms with van der Waals surface area (Å²) in [5.74, 6) is 0.422. The van der Waals surface area contributed by atoms with Crippen LogP contribution in [0.1, 0.15) is 11.1 Å². The maximum absolute atomic E-state index is 11.9. The zero-order valence-corrected chi connectivity index (χ0v) is 15.4.